The Morgan fingerprint density at radius 2 is 2.12 bits per heavy atom. The average molecular weight is 347 g/mol. The van der Waals surface area contributed by atoms with Gasteiger partial charge in [-0.05, 0) is 49.2 Å². The highest BCUT2D eigenvalue weighted by Crippen LogP contribution is 2.21. The molecule has 2 aromatic rings. The van der Waals surface area contributed by atoms with Gasteiger partial charge in [0, 0.05) is 17.0 Å². The molecule has 2 rings (SSSR count). The van der Waals surface area contributed by atoms with Gasteiger partial charge in [-0.2, -0.15) is 5.10 Å². The number of amides is 1. The van der Waals surface area contributed by atoms with Gasteiger partial charge >= 0.3 is 0 Å². The van der Waals surface area contributed by atoms with Crippen LogP contribution in [0.25, 0.3) is 0 Å². The van der Waals surface area contributed by atoms with Crippen LogP contribution < -0.4 is 10.2 Å². The quantitative estimate of drug-likeness (QED) is 0.456. The summed E-state index contributed by atoms with van der Waals surface area (Å²) in [5, 5.41) is 14.1. The molecule has 1 amide bonds. The lowest BCUT2D eigenvalue weighted by molar-refractivity contribution is -0.121. The lowest BCUT2D eigenvalue weighted by Gasteiger charge is -2.08. The third-order valence-corrected chi connectivity index (χ3v) is 3.51. The number of hydrogen-bond acceptors (Lipinski definition) is 4. The fraction of sp³-hybridized carbons (Fsp3) is 0.222. The topological polar surface area (TPSA) is 70.9 Å². The van der Waals surface area contributed by atoms with Crippen LogP contribution in [0.15, 0.2) is 47.6 Å². The molecule has 0 heterocycles. The number of benzene rings is 2. The van der Waals surface area contributed by atoms with Crippen molar-refractivity contribution in [2.45, 2.75) is 19.8 Å². The van der Waals surface area contributed by atoms with Crippen LogP contribution >= 0.6 is 11.6 Å². The minimum atomic E-state index is -0.210. The molecular formula is C18H19ClN2O3. The van der Waals surface area contributed by atoms with Gasteiger partial charge in [0.05, 0.1) is 12.8 Å². The van der Waals surface area contributed by atoms with Crippen LogP contribution in [-0.2, 0) is 4.79 Å². The Hall–Kier alpha value is -2.53. The van der Waals surface area contributed by atoms with Gasteiger partial charge in [0.15, 0.2) is 0 Å². The first-order chi connectivity index (χ1) is 11.6. The molecule has 0 aliphatic heterocycles. The van der Waals surface area contributed by atoms with Crippen LogP contribution in [0.1, 0.15) is 24.0 Å². The van der Waals surface area contributed by atoms with Gasteiger partial charge in [0.1, 0.15) is 11.5 Å². The SMILES string of the molecule is Cc1cc(Cl)ccc1OCCCC(=O)N/N=C\c1ccccc1O. The third kappa shape index (κ3) is 5.59. The number of rotatable bonds is 7. The lowest BCUT2D eigenvalue weighted by Crippen LogP contribution is -2.18. The van der Waals surface area contributed by atoms with Crippen LogP contribution in [0.2, 0.25) is 5.02 Å². The van der Waals surface area contributed by atoms with Gasteiger partial charge in [0.2, 0.25) is 5.91 Å². The van der Waals surface area contributed by atoms with Gasteiger partial charge in [-0.25, -0.2) is 5.43 Å². The number of phenols is 1. The van der Waals surface area contributed by atoms with Crippen LogP contribution in [0.4, 0.5) is 0 Å². The maximum Gasteiger partial charge on any atom is 0.240 e. The predicted octanol–water partition coefficient (Wildman–Crippen LogP) is 3.66. The molecule has 0 unspecified atom stereocenters. The van der Waals surface area contributed by atoms with Crippen molar-refractivity contribution in [3.8, 4) is 11.5 Å². The summed E-state index contributed by atoms with van der Waals surface area (Å²) >= 11 is 5.88. The fourth-order valence-corrected chi connectivity index (χ4v) is 2.24. The Kier molecular flexibility index (Phi) is 6.63. The van der Waals surface area contributed by atoms with Gasteiger partial charge in [-0.15, -0.1) is 0 Å². The Balaban J connectivity index is 1.69. The average Bonchev–Trinajstić information content (AvgIpc) is 2.55. The molecule has 0 aliphatic carbocycles. The van der Waals surface area contributed by atoms with Crippen LogP contribution in [-0.4, -0.2) is 23.8 Å². The number of halogens is 1. The van der Waals surface area contributed by atoms with Crippen molar-refractivity contribution < 1.29 is 14.6 Å². The number of para-hydroxylation sites is 1. The van der Waals surface area contributed by atoms with E-state index in [1.165, 1.54) is 6.21 Å². The molecule has 0 saturated carbocycles. The van der Waals surface area contributed by atoms with Gasteiger partial charge in [-0.1, -0.05) is 23.7 Å². The smallest absolute Gasteiger partial charge is 0.240 e. The summed E-state index contributed by atoms with van der Waals surface area (Å²) in [7, 11) is 0. The van der Waals surface area contributed by atoms with E-state index in [4.69, 9.17) is 16.3 Å². The van der Waals surface area contributed by atoms with E-state index in [0.29, 0.717) is 30.0 Å². The van der Waals surface area contributed by atoms with Crippen LogP contribution in [0.3, 0.4) is 0 Å². The van der Waals surface area contributed by atoms with E-state index in [9.17, 15) is 9.90 Å². The zero-order valence-corrected chi connectivity index (χ0v) is 14.1. The first-order valence-corrected chi connectivity index (χ1v) is 7.93. The molecule has 0 radical (unpaired) electrons. The van der Waals surface area contributed by atoms with Crippen LogP contribution in [0, 0.1) is 6.92 Å². The monoisotopic (exact) mass is 346 g/mol. The second-order valence-corrected chi connectivity index (χ2v) is 5.65. The summed E-state index contributed by atoms with van der Waals surface area (Å²) < 4.78 is 5.62. The van der Waals surface area contributed by atoms with E-state index in [1.54, 1.807) is 30.3 Å². The Morgan fingerprint density at radius 3 is 2.88 bits per heavy atom. The number of carbonyl (C=O) groups excluding carboxylic acids is 1. The van der Waals surface area contributed by atoms with E-state index in [1.807, 2.05) is 19.1 Å². The molecule has 0 spiro atoms. The molecule has 24 heavy (non-hydrogen) atoms. The van der Waals surface area contributed by atoms with E-state index >= 15 is 0 Å². The van der Waals surface area contributed by atoms with Crippen molar-refractivity contribution in [2.75, 3.05) is 6.61 Å². The van der Waals surface area contributed by atoms with Crippen molar-refractivity contribution >= 4 is 23.7 Å². The molecule has 0 aromatic heterocycles. The Morgan fingerprint density at radius 1 is 1.33 bits per heavy atom. The number of hydrazone groups is 1. The zero-order valence-electron chi connectivity index (χ0n) is 13.3. The molecule has 0 bridgehead atoms. The Bertz CT molecular complexity index is 732. The maximum absolute atomic E-state index is 11.7. The molecule has 0 atom stereocenters. The zero-order chi connectivity index (χ0) is 17.4. The molecule has 5 nitrogen and oxygen atoms in total. The fourth-order valence-electron chi connectivity index (χ4n) is 2.02. The summed E-state index contributed by atoms with van der Waals surface area (Å²) in [5.41, 5.74) is 3.92. The molecule has 6 heteroatoms. The molecule has 2 N–H and O–H groups in total. The number of ether oxygens (including phenoxy) is 1. The minimum Gasteiger partial charge on any atom is -0.507 e. The van der Waals surface area contributed by atoms with E-state index in [2.05, 4.69) is 10.5 Å². The van der Waals surface area contributed by atoms with Crippen molar-refractivity contribution in [1.29, 1.82) is 0 Å². The Labute approximate surface area is 145 Å². The van der Waals surface area contributed by atoms with Gasteiger partial charge < -0.3 is 9.84 Å². The summed E-state index contributed by atoms with van der Waals surface area (Å²) in [5.74, 6) is 0.665. The van der Waals surface area contributed by atoms with Crippen molar-refractivity contribution in [2.24, 2.45) is 5.10 Å². The first-order valence-electron chi connectivity index (χ1n) is 7.55. The molecule has 0 aliphatic rings. The molecule has 2 aromatic carbocycles. The normalized spacial score (nSPS) is 10.8. The van der Waals surface area contributed by atoms with E-state index in [-0.39, 0.29) is 11.7 Å². The third-order valence-electron chi connectivity index (χ3n) is 3.27. The first kappa shape index (κ1) is 17.8. The number of phenolic OH excluding ortho intramolecular Hbond substituents is 1. The highest BCUT2D eigenvalue weighted by atomic mass is 35.5. The maximum atomic E-state index is 11.7. The largest absolute Gasteiger partial charge is 0.507 e. The molecule has 0 fully saturated rings. The summed E-state index contributed by atoms with van der Waals surface area (Å²) in [6, 6.07) is 12.2. The summed E-state index contributed by atoms with van der Waals surface area (Å²) in [6.07, 6.45) is 2.27. The van der Waals surface area contributed by atoms with Crippen LogP contribution in [0.5, 0.6) is 11.5 Å². The van der Waals surface area contributed by atoms with Crippen molar-refractivity contribution in [3.05, 3.63) is 58.6 Å². The number of aryl methyl sites for hydroxylation is 1. The number of hydrogen-bond donors (Lipinski definition) is 2. The van der Waals surface area contributed by atoms with E-state index in [0.717, 1.165) is 11.3 Å². The molecular weight excluding hydrogens is 328 g/mol. The van der Waals surface area contributed by atoms with Crippen molar-refractivity contribution in [1.82, 2.24) is 5.43 Å². The van der Waals surface area contributed by atoms with Gasteiger partial charge in [-0.3, -0.25) is 4.79 Å². The second-order valence-electron chi connectivity index (χ2n) is 5.21. The molecule has 126 valence electrons. The summed E-state index contributed by atoms with van der Waals surface area (Å²) in [6.45, 7) is 2.35. The minimum absolute atomic E-state index is 0.113. The number of aromatic hydroxyl groups is 1. The van der Waals surface area contributed by atoms with Gasteiger partial charge in [0.25, 0.3) is 0 Å². The highest BCUT2D eigenvalue weighted by Gasteiger charge is 2.03. The van der Waals surface area contributed by atoms with E-state index < -0.39 is 0 Å². The standard InChI is InChI=1S/C18H19ClN2O3/c1-13-11-15(19)8-9-17(13)24-10-4-7-18(23)21-20-12-14-5-2-3-6-16(14)22/h2-3,5-6,8-9,11-12,22H,4,7,10H2,1H3,(H,21,23)/b20-12-. The second kappa shape index (κ2) is 8.93. The lowest BCUT2D eigenvalue weighted by atomic mass is 10.2. The summed E-state index contributed by atoms with van der Waals surface area (Å²) in [4.78, 5) is 11.7. The van der Waals surface area contributed by atoms with Crippen molar-refractivity contribution in [3.63, 3.8) is 0 Å². The predicted molar refractivity (Wildman–Crippen MR) is 94.8 cm³/mol. The number of nitrogens with one attached hydrogen (secondary N) is 1. The number of nitrogens with zero attached hydrogens (tertiary/aromatic N) is 1. The number of carbonyl (C=O) groups is 1. The highest BCUT2D eigenvalue weighted by molar-refractivity contribution is 6.30. The molecule has 0 saturated heterocycles.